The molecule has 1 amide bonds. The number of cyclic esters (lactones) is 1. The van der Waals surface area contributed by atoms with Crippen molar-refractivity contribution in [3.63, 3.8) is 0 Å². The molecule has 0 aromatic carbocycles. The van der Waals surface area contributed by atoms with Gasteiger partial charge in [0.2, 0.25) is 5.91 Å². The summed E-state index contributed by atoms with van der Waals surface area (Å²) in [5.74, 6) is 0.289. The molecule has 0 radical (unpaired) electrons. The van der Waals surface area contributed by atoms with E-state index in [2.05, 4.69) is 30.4 Å². The van der Waals surface area contributed by atoms with Crippen molar-refractivity contribution in [2.45, 2.75) is 32.6 Å². The van der Waals surface area contributed by atoms with Crippen molar-refractivity contribution < 1.29 is 14.3 Å². The molecule has 0 saturated carbocycles. The standard InChI is InChI=1S/C20H24N8O3/c1-14-16(12-31-17(14)29)27-9-5-20(18(27)30)3-7-26(8-4-20)6-2-15-10-21-19(22-11-15)28-13-23-24-25-28/h10-11,13H,2-9,12H2,1H3. The zero-order valence-electron chi connectivity index (χ0n) is 17.4. The summed E-state index contributed by atoms with van der Waals surface area (Å²) in [6, 6.07) is 0. The molecule has 2 saturated heterocycles. The van der Waals surface area contributed by atoms with Gasteiger partial charge in [-0.25, -0.2) is 14.8 Å². The van der Waals surface area contributed by atoms with Crippen LogP contribution in [0.3, 0.4) is 0 Å². The van der Waals surface area contributed by atoms with Crippen molar-refractivity contribution in [1.29, 1.82) is 0 Å². The van der Waals surface area contributed by atoms with E-state index in [1.807, 2.05) is 0 Å². The van der Waals surface area contributed by atoms with Gasteiger partial charge in [0, 0.05) is 25.5 Å². The number of aromatic nitrogens is 6. The Bertz CT molecular complexity index is 1010. The molecule has 3 aliphatic heterocycles. The lowest BCUT2D eigenvalue weighted by Gasteiger charge is -2.38. The number of rotatable bonds is 5. The third-order valence-electron chi connectivity index (χ3n) is 6.69. The second-order valence-electron chi connectivity index (χ2n) is 8.37. The van der Waals surface area contributed by atoms with Gasteiger partial charge < -0.3 is 14.5 Å². The molecule has 2 aromatic rings. The summed E-state index contributed by atoms with van der Waals surface area (Å²) in [5, 5.41) is 10.9. The van der Waals surface area contributed by atoms with Crippen LogP contribution in [-0.4, -0.2) is 84.6 Å². The first-order chi connectivity index (χ1) is 15.1. The van der Waals surface area contributed by atoms with Gasteiger partial charge in [-0.3, -0.25) is 4.79 Å². The molecule has 11 nitrogen and oxygen atoms in total. The van der Waals surface area contributed by atoms with Crippen LogP contribution in [0.2, 0.25) is 0 Å². The predicted octanol–water partition coefficient (Wildman–Crippen LogP) is 0.140. The number of ether oxygens (including phenoxy) is 1. The summed E-state index contributed by atoms with van der Waals surface area (Å²) in [6.45, 7) is 5.30. The maximum Gasteiger partial charge on any atom is 0.336 e. The van der Waals surface area contributed by atoms with Crippen molar-refractivity contribution in [3.05, 3.63) is 35.6 Å². The van der Waals surface area contributed by atoms with Crippen molar-refractivity contribution in [2.75, 3.05) is 32.8 Å². The average molecular weight is 424 g/mol. The van der Waals surface area contributed by atoms with Crippen LogP contribution in [0.4, 0.5) is 0 Å². The molecule has 5 rings (SSSR count). The fourth-order valence-corrected chi connectivity index (χ4v) is 4.63. The molecule has 162 valence electrons. The minimum absolute atomic E-state index is 0.159. The number of carbonyl (C=O) groups is 2. The third-order valence-corrected chi connectivity index (χ3v) is 6.69. The monoisotopic (exact) mass is 424 g/mol. The molecule has 5 heterocycles. The topological polar surface area (TPSA) is 119 Å². The lowest BCUT2D eigenvalue weighted by Crippen LogP contribution is -2.45. The second-order valence-corrected chi connectivity index (χ2v) is 8.37. The smallest absolute Gasteiger partial charge is 0.336 e. The molecule has 0 aliphatic carbocycles. The molecular formula is C20H24N8O3. The summed E-state index contributed by atoms with van der Waals surface area (Å²) in [6.07, 6.45) is 8.44. The van der Waals surface area contributed by atoms with Gasteiger partial charge in [-0.1, -0.05) is 0 Å². The molecule has 0 N–H and O–H groups in total. The van der Waals surface area contributed by atoms with E-state index in [1.54, 1.807) is 24.2 Å². The Labute approximate surface area is 179 Å². The van der Waals surface area contributed by atoms with E-state index >= 15 is 0 Å². The molecule has 2 fully saturated rings. The summed E-state index contributed by atoms with van der Waals surface area (Å²) in [5.41, 5.74) is 2.07. The van der Waals surface area contributed by atoms with E-state index in [0.29, 0.717) is 18.1 Å². The minimum atomic E-state index is -0.312. The Kier molecular flexibility index (Phi) is 4.97. The van der Waals surface area contributed by atoms with Crippen LogP contribution in [-0.2, 0) is 20.7 Å². The summed E-state index contributed by atoms with van der Waals surface area (Å²) in [7, 11) is 0. The first kappa shape index (κ1) is 19.7. The summed E-state index contributed by atoms with van der Waals surface area (Å²) < 4.78 is 6.51. The Morgan fingerprint density at radius 2 is 1.84 bits per heavy atom. The van der Waals surface area contributed by atoms with E-state index in [-0.39, 0.29) is 23.9 Å². The van der Waals surface area contributed by atoms with Crippen LogP contribution >= 0.6 is 0 Å². The average Bonchev–Trinajstić information content (AvgIpc) is 3.51. The largest absolute Gasteiger partial charge is 0.456 e. The highest BCUT2D eigenvalue weighted by Crippen LogP contribution is 2.43. The molecule has 11 heteroatoms. The molecule has 0 bridgehead atoms. The fraction of sp³-hybridized carbons (Fsp3) is 0.550. The molecule has 0 unspecified atom stereocenters. The Balaban J connectivity index is 1.15. The molecule has 2 aromatic heterocycles. The van der Waals surface area contributed by atoms with Crippen LogP contribution in [0.5, 0.6) is 0 Å². The van der Waals surface area contributed by atoms with Crippen molar-refractivity contribution in [2.24, 2.45) is 5.41 Å². The number of piperidine rings is 1. The molecule has 0 atom stereocenters. The highest BCUT2D eigenvalue weighted by atomic mass is 16.5. The van der Waals surface area contributed by atoms with Gasteiger partial charge in [-0.2, -0.15) is 4.68 Å². The number of amides is 1. The zero-order chi connectivity index (χ0) is 21.4. The number of hydrogen-bond acceptors (Lipinski definition) is 9. The highest BCUT2D eigenvalue weighted by Gasteiger charge is 2.49. The van der Waals surface area contributed by atoms with Gasteiger partial charge >= 0.3 is 5.97 Å². The van der Waals surface area contributed by atoms with Crippen LogP contribution in [0.1, 0.15) is 31.7 Å². The fourth-order valence-electron chi connectivity index (χ4n) is 4.63. The number of hydrogen-bond donors (Lipinski definition) is 0. The molecular weight excluding hydrogens is 400 g/mol. The van der Waals surface area contributed by atoms with Crippen LogP contribution in [0.15, 0.2) is 30.0 Å². The maximum atomic E-state index is 13.2. The SMILES string of the molecule is CC1=C(N2CCC3(CCN(CCc4cnc(-n5cnnn5)nc4)CC3)C2=O)COC1=O. The van der Waals surface area contributed by atoms with Crippen LogP contribution in [0, 0.1) is 5.41 Å². The van der Waals surface area contributed by atoms with Gasteiger partial charge in [0.05, 0.1) is 16.7 Å². The number of carbonyl (C=O) groups excluding carboxylic acids is 2. The number of likely N-dealkylation sites (tertiary alicyclic amines) is 2. The zero-order valence-corrected chi connectivity index (χ0v) is 17.4. The second kappa shape index (κ2) is 7.80. The molecule has 31 heavy (non-hydrogen) atoms. The lowest BCUT2D eigenvalue weighted by atomic mass is 9.77. The quantitative estimate of drug-likeness (QED) is 0.617. The van der Waals surface area contributed by atoms with Gasteiger partial charge in [-0.05, 0) is 61.7 Å². The van der Waals surface area contributed by atoms with E-state index < -0.39 is 0 Å². The minimum Gasteiger partial charge on any atom is -0.456 e. The van der Waals surface area contributed by atoms with Crippen LogP contribution in [0.25, 0.3) is 5.95 Å². The molecule has 3 aliphatic rings. The van der Waals surface area contributed by atoms with E-state index in [9.17, 15) is 9.59 Å². The van der Waals surface area contributed by atoms with Crippen molar-refractivity contribution in [1.82, 2.24) is 40.0 Å². The Hall–Kier alpha value is -3.21. The van der Waals surface area contributed by atoms with E-state index in [0.717, 1.165) is 56.6 Å². The lowest BCUT2D eigenvalue weighted by molar-refractivity contribution is -0.138. The highest BCUT2D eigenvalue weighted by molar-refractivity contribution is 5.94. The third kappa shape index (κ3) is 3.58. The summed E-state index contributed by atoms with van der Waals surface area (Å²) >= 11 is 0. The van der Waals surface area contributed by atoms with E-state index in [4.69, 9.17) is 4.74 Å². The van der Waals surface area contributed by atoms with Gasteiger partial charge in [0.1, 0.15) is 12.9 Å². The Morgan fingerprint density at radius 1 is 1.10 bits per heavy atom. The first-order valence-corrected chi connectivity index (χ1v) is 10.5. The number of esters is 1. The number of nitrogens with zero attached hydrogens (tertiary/aromatic N) is 8. The van der Waals surface area contributed by atoms with E-state index in [1.165, 1.54) is 11.0 Å². The molecule has 1 spiro atoms. The normalized spacial score (nSPS) is 21.4. The van der Waals surface area contributed by atoms with Gasteiger partial charge in [0.15, 0.2) is 0 Å². The summed E-state index contributed by atoms with van der Waals surface area (Å²) in [4.78, 5) is 37.7. The first-order valence-electron chi connectivity index (χ1n) is 10.5. The Morgan fingerprint density at radius 3 is 2.48 bits per heavy atom. The van der Waals surface area contributed by atoms with Crippen LogP contribution < -0.4 is 0 Å². The predicted molar refractivity (Wildman–Crippen MR) is 107 cm³/mol. The van der Waals surface area contributed by atoms with Crippen molar-refractivity contribution in [3.8, 4) is 5.95 Å². The maximum absolute atomic E-state index is 13.2. The van der Waals surface area contributed by atoms with Gasteiger partial charge in [0.25, 0.3) is 5.95 Å². The number of tetrazole rings is 1. The van der Waals surface area contributed by atoms with Crippen molar-refractivity contribution >= 4 is 11.9 Å². The van der Waals surface area contributed by atoms with Gasteiger partial charge in [-0.15, -0.1) is 5.10 Å².